The second kappa shape index (κ2) is 4.66. The van der Waals surface area contributed by atoms with Crippen molar-refractivity contribution in [1.82, 2.24) is 14.7 Å². The lowest BCUT2D eigenvalue weighted by atomic mass is 10.2. The van der Waals surface area contributed by atoms with Gasteiger partial charge in [0.1, 0.15) is 0 Å². The second-order valence-electron chi connectivity index (χ2n) is 5.39. The number of aryl methyl sites for hydroxylation is 1. The molecule has 1 fully saturated rings. The molecular weight excluding hydrogens is 250 g/mol. The zero-order valence-corrected chi connectivity index (χ0v) is 12.3. The van der Waals surface area contributed by atoms with E-state index in [1.54, 1.807) is 0 Å². The van der Waals surface area contributed by atoms with Gasteiger partial charge < -0.3 is 4.90 Å². The number of hydrogen-bond acceptors (Lipinski definition) is 4. The van der Waals surface area contributed by atoms with Gasteiger partial charge in [-0.3, -0.25) is 4.68 Å². The Morgan fingerprint density at radius 2 is 2.06 bits per heavy atom. The summed E-state index contributed by atoms with van der Waals surface area (Å²) >= 11 is 0. The molecule has 102 valence electrons. The van der Waals surface area contributed by atoms with Gasteiger partial charge in [-0.05, 0) is 34.4 Å². The largest absolute Gasteiger partial charge is 0.305 e. The molecule has 0 radical (unpaired) electrons. The molecule has 1 atom stereocenters. The molecule has 0 spiro atoms. The Labute approximate surface area is 109 Å². The Balaban J connectivity index is 2.30. The van der Waals surface area contributed by atoms with Gasteiger partial charge in [-0.15, -0.1) is 0 Å². The predicted octanol–water partition coefficient (Wildman–Crippen LogP) is 0.921. The summed E-state index contributed by atoms with van der Waals surface area (Å²) in [6.45, 7) is 4.87. The number of hydrogen-bond donors (Lipinski definition) is 0. The van der Waals surface area contributed by atoms with E-state index in [1.165, 1.54) is 5.56 Å². The van der Waals surface area contributed by atoms with Crippen molar-refractivity contribution in [3.63, 3.8) is 0 Å². The number of aromatic nitrogens is 2. The van der Waals surface area contributed by atoms with Crippen LogP contribution in [0.15, 0.2) is 0 Å². The van der Waals surface area contributed by atoms with Crippen LogP contribution in [0.25, 0.3) is 0 Å². The van der Waals surface area contributed by atoms with Crippen molar-refractivity contribution in [1.29, 1.82) is 0 Å². The Morgan fingerprint density at radius 3 is 2.56 bits per heavy atom. The quantitative estimate of drug-likeness (QED) is 0.820. The SMILES string of the molecule is Cc1nn([C@H]2CCS(=O)(=O)C2)c(C)c1CN(C)C. The minimum atomic E-state index is -2.86. The molecule has 2 heterocycles. The van der Waals surface area contributed by atoms with Crippen LogP contribution in [-0.2, 0) is 16.4 Å². The highest BCUT2D eigenvalue weighted by molar-refractivity contribution is 7.91. The summed E-state index contributed by atoms with van der Waals surface area (Å²) in [5.74, 6) is 0.523. The van der Waals surface area contributed by atoms with Gasteiger partial charge in [0, 0.05) is 17.8 Å². The molecular formula is C12H21N3O2S. The van der Waals surface area contributed by atoms with Crippen LogP contribution < -0.4 is 0 Å². The van der Waals surface area contributed by atoms with Gasteiger partial charge in [0.2, 0.25) is 0 Å². The van der Waals surface area contributed by atoms with Gasteiger partial charge in [0.25, 0.3) is 0 Å². The van der Waals surface area contributed by atoms with Gasteiger partial charge in [-0.1, -0.05) is 0 Å². The van der Waals surface area contributed by atoms with Crippen molar-refractivity contribution in [3.8, 4) is 0 Å². The van der Waals surface area contributed by atoms with Crippen LogP contribution in [0.1, 0.15) is 29.4 Å². The third kappa shape index (κ3) is 2.59. The van der Waals surface area contributed by atoms with Crippen LogP contribution in [-0.4, -0.2) is 48.7 Å². The molecule has 5 nitrogen and oxygen atoms in total. The van der Waals surface area contributed by atoms with Gasteiger partial charge in [-0.2, -0.15) is 5.10 Å². The molecule has 1 aliphatic rings. The van der Waals surface area contributed by atoms with Crippen molar-refractivity contribution in [2.45, 2.75) is 32.9 Å². The topological polar surface area (TPSA) is 55.2 Å². The maximum atomic E-state index is 11.5. The van der Waals surface area contributed by atoms with E-state index >= 15 is 0 Å². The zero-order valence-electron chi connectivity index (χ0n) is 11.5. The average Bonchev–Trinajstić information content (AvgIpc) is 2.72. The first-order valence-electron chi connectivity index (χ1n) is 6.20. The fourth-order valence-corrected chi connectivity index (χ4v) is 4.26. The normalized spacial score (nSPS) is 22.8. The van der Waals surface area contributed by atoms with Crippen molar-refractivity contribution in [3.05, 3.63) is 17.0 Å². The molecule has 1 saturated heterocycles. The summed E-state index contributed by atoms with van der Waals surface area (Å²) in [5, 5.41) is 4.54. The molecule has 0 aliphatic carbocycles. The van der Waals surface area contributed by atoms with Gasteiger partial charge in [0.05, 0.1) is 23.2 Å². The summed E-state index contributed by atoms with van der Waals surface area (Å²) < 4.78 is 25.0. The molecule has 1 aliphatic heterocycles. The summed E-state index contributed by atoms with van der Waals surface area (Å²) in [7, 11) is 1.19. The summed E-state index contributed by atoms with van der Waals surface area (Å²) in [6, 6.07) is 0.0182. The second-order valence-corrected chi connectivity index (χ2v) is 7.62. The lowest BCUT2D eigenvalue weighted by Crippen LogP contribution is -2.15. The number of rotatable bonds is 3. The first-order valence-corrected chi connectivity index (χ1v) is 8.02. The first kappa shape index (κ1) is 13.5. The average molecular weight is 271 g/mol. The first-order chi connectivity index (χ1) is 8.30. The molecule has 0 amide bonds. The Hall–Kier alpha value is -0.880. The van der Waals surface area contributed by atoms with Gasteiger partial charge >= 0.3 is 0 Å². The molecule has 2 rings (SSSR count). The lowest BCUT2D eigenvalue weighted by Gasteiger charge is -2.13. The predicted molar refractivity (Wildman–Crippen MR) is 71.4 cm³/mol. The molecule has 0 bridgehead atoms. The van der Waals surface area contributed by atoms with Gasteiger partial charge in [-0.25, -0.2) is 8.42 Å². The molecule has 1 aromatic heterocycles. The minimum Gasteiger partial charge on any atom is -0.305 e. The maximum Gasteiger partial charge on any atom is 0.152 e. The van der Waals surface area contributed by atoms with E-state index in [-0.39, 0.29) is 11.8 Å². The fraction of sp³-hybridized carbons (Fsp3) is 0.750. The summed E-state index contributed by atoms with van der Waals surface area (Å²) in [4.78, 5) is 2.10. The molecule has 6 heteroatoms. The molecule has 0 N–H and O–H groups in total. The highest BCUT2D eigenvalue weighted by atomic mass is 32.2. The minimum absolute atomic E-state index is 0.0182. The van der Waals surface area contributed by atoms with Crippen molar-refractivity contribution in [2.75, 3.05) is 25.6 Å². The van der Waals surface area contributed by atoms with E-state index < -0.39 is 9.84 Å². The van der Waals surface area contributed by atoms with Crippen molar-refractivity contribution < 1.29 is 8.42 Å². The smallest absolute Gasteiger partial charge is 0.152 e. The highest BCUT2D eigenvalue weighted by Crippen LogP contribution is 2.27. The van der Waals surface area contributed by atoms with Gasteiger partial charge in [0.15, 0.2) is 9.84 Å². The van der Waals surface area contributed by atoms with E-state index in [0.29, 0.717) is 12.2 Å². The molecule has 18 heavy (non-hydrogen) atoms. The van der Waals surface area contributed by atoms with Crippen molar-refractivity contribution in [2.24, 2.45) is 0 Å². The van der Waals surface area contributed by atoms with E-state index in [9.17, 15) is 8.42 Å². The standard InChI is InChI=1S/C12H21N3O2S/c1-9-12(7-14(3)4)10(2)15(13-9)11-5-6-18(16,17)8-11/h11H,5-8H2,1-4H3/t11-/m0/s1. The van der Waals surface area contributed by atoms with Crippen LogP contribution in [0.5, 0.6) is 0 Å². The van der Waals surface area contributed by atoms with E-state index in [0.717, 1.165) is 17.9 Å². The zero-order chi connectivity index (χ0) is 13.5. The summed E-state index contributed by atoms with van der Waals surface area (Å²) in [5.41, 5.74) is 3.32. The molecule has 0 saturated carbocycles. The molecule has 0 aromatic carbocycles. The Bertz CT molecular complexity index is 546. The summed E-state index contributed by atoms with van der Waals surface area (Å²) in [6.07, 6.45) is 0.686. The van der Waals surface area contributed by atoms with Crippen molar-refractivity contribution >= 4 is 9.84 Å². The fourth-order valence-electron chi connectivity index (χ4n) is 2.57. The maximum absolute atomic E-state index is 11.5. The third-order valence-electron chi connectivity index (χ3n) is 3.50. The van der Waals surface area contributed by atoms with Crippen LogP contribution >= 0.6 is 0 Å². The lowest BCUT2D eigenvalue weighted by molar-refractivity contribution is 0.399. The van der Waals surface area contributed by atoms with Crippen LogP contribution in [0.3, 0.4) is 0 Å². The highest BCUT2D eigenvalue weighted by Gasteiger charge is 2.31. The molecule has 0 unspecified atom stereocenters. The van der Waals surface area contributed by atoms with Crippen LogP contribution in [0, 0.1) is 13.8 Å². The van der Waals surface area contributed by atoms with Crippen LogP contribution in [0.2, 0.25) is 0 Å². The van der Waals surface area contributed by atoms with E-state index in [4.69, 9.17) is 0 Å². The number of sulfone groups is 1. The Kier molecular flexibility index (Phi) is 3.51. The van der Waals surface area contributed by atoms with Crippen LogP contribution in [0.4, 0.5) is 0 Å². The molecule has 1 aromatic rings. The monoisotopic (exact) mass is 271 g/mol. The van der Waals surface area contributed by atoms with E-state index in [1.807, 2.05) is 32.6 Å². The third-order valence-corrected chi connectivity index (χ3v) is 5.25. The van der Waals surface area contributed by atoms with E-state index in [2.05, 4.69) is 10.00 Å². The Morgan fingerprint density at radius 1 is 1.39 bits per heavy atom. The number of nitrogens with zero attached hydrogens (tertiary/aromatic N) is 3.